The zero-order valence-corrected chi connectivity index (χ0v) is 9.50. The minimum atomic E-state index is -0.524. The zero-order valence-electron chi connectivity index (χ0n) is 9.50. The highest BCUT2D eigenvalue weighted by atomic mass is 16.3. The van der Waals surface area contributed by atoms with E-state index in [0.29, 0.717) is 12.6 Å². The topological polar surface area (TPSA) is 56.6 Å². The second-order valence-electron chi connectivity index (χ2n) is 4.24. The third kappa shape index (κ3) is 2.33. The molecule has 88 valence electrons. The Labute approximate surface area is 95.5 Å². The molecule has 1 saturated carbocycles. The van der Waals surface area contributed by atoms with Crippen molar-refractivity contribution >= 4 is 5.82 Å². The lowest BCUT2D eigenvalue weighted by Crippen LogP contribution is -2.30. The van der Waals surface area contributed by atoms with E-state index < -0.39 is 6.10 Å². The fraction of sp³-hybridized carbons (Fsp3) is 0.583. The summed E-state index contributed by atoms with van der Waals surface area (Å²) in [5, 5.41) is 18.8. The molecule has 0 bridgehead atoms. The highest BCUT2D eigenvalue weighted by Crippen LogP contribution is 2.33. The highest BCUT2D eigenvalue weighted by molar-refractivity contribution is 5.49. The summed E-state index contributed by atoms with van der Waals surface area (Å²) in [5.74, 6) is 0.814. The van der Waals surface area contributed by atoms with Gasteiger partial charge in [-0.25, -0.2) is 4.98 Å². The van der Waals surface area contributed by atoms with Crippen molar-refractivity contribution in [3.05, 3.63) is 23.9 Å². The van der Waals surface area contributed by atoms with E-state index in [2.05, 4.69) is 9.88 Å². The van der Waals surface area contributed by atoms with Gasteiger partial charge in [0.05, 0.1) is 12.7 Å². The van der Waals surface area contributed by atoms with E-state index in [0.717, 1.165) is 24.2 Å². The molecule has 1 fully saturated rings. The number of rotatable bonds is 5. The first-order valence-corrected chi connectivity index (χ1v) is 5.74. The molecule has 1 heterocycles. The number of hydrogen-bond donors (Lipinski definition) is 2. The monoisotopic (exact) mass is 222 g/mol. The molecule has 1 aliphatic carbocycles. The van der Waals surface area contributed by atoms with Gasteiger partial charge in [0.1, 0.15) is 5.82 Å². The van der Waals surface area contributed by atoms with Gasteiger partial charge in [0.15, 0.2) is 0 Å². The van der Waals surface area contributed by atoms with Gasteiger partial charge >= 0.3 is 0 Å². The minimum absolute atomic E-state index is 0.117. The Kier molecular flexibility index (Phi) is 3.41. The summed E-state index contributed by atoms with van der Waals surface area (Å²) >= 11 is 0. The second kappa shape index (κ2) is 4.80. The largest absolute Gasteiger partial charge is 0.395 e. The SMILES string of the molecule is C[C@@H](O)c1cccnc1N(CCO)C1CC1. The Morgan fingerprint density at radius 3 is 2.88 bits per heavy atom. The average molecular weight is 222 g/mol. The number of anilines is 1. The van der Waals surface area contributed by atoms with Gasteiger partial charge in [-0.15, -0.1) is 0 Å². The molecule has 0 saturated heterocycles. The van der Waals surface area contributed by atoms with Gasteiger partial charge in [-0.2, -0.15) is 0 Å². The Morgan fingerprint density at radius 2 is 2.31 bits per heavy atom. The number of aliphatic hydroxyl groups is 2. The third-order valence-electron chi connectivity index (χ3n) is 2.87. The van der Waals surface area contributed by atoms with Gasteiger partial charge in [0.25, 0.3) is 0 Å². The van der Waals surface area contributed by atoms with E-state index in [4.69, 9.17) is 5.11 Å². The lowest BCUT2D eigenvalue weighted by Gasteiger charge is -2.25. The molecule has 4 heteroatoms. The van der Waals surface area contributed by atoms with Gasteiger partial charge in [-0.3, -0.25) is 0 Å². The van der Waals surface area contributed by atoms with Crippen LogP contribution < -0.4 is 4.90 Å². The van der Waals surface area contributed by atoms with Gasteiger partial charge in [0.2, 0.25) is 0 Å². The highest BCUT2D eigenvalue weighted by Gasteiger charge is 2.31. The van der Waals surface area contributed by atoms with Crippen LogP contribution in [-0.2, 0) is 0 Å². The molecule has 1 atom stereocenters. The quantitative estimate of drug-likeness (QED) is 0.783. The first-order valence-electron chi connectivity index (χ1n) is 5.74. The molecule has 0 spiro atoms. The van der Waals surface area contributed by atoms with Crippen molar-refractivity contribution < 1.29 is 10.2 Å². The summed E-state index contributed by atoms with van der Waals surface area (Å²) in [4.78, 5) is 6.43. The van der Waals surface area contributed by atoms with Crippen LogP contribution in [0.1, 0.15) is 31.4 Å². The Hall–Kier alpha value is -1.13. The fourth-order valence-electron chi connectivity index (χ4n) is 1.93. The molecule has 0 amide bonds. The molecule has 0 unspecified atom stereocenters. The van der Waals surface area contributed by atoms with E-state index >= 15 is 0 Å². The Balaban J connectivity index is 2.28. The van der Waals surface area contributed by atoms with Crippen molar-refractivity contribution in [3.63, 3.8) is 0 Å². The molecular weight excluding hydrogens is 204 g/mol. The Bertz CT molecular complexity index is 351. The van der Waals surface area contributed by atoms with E-state index in [1.165, 1.54) is 0 Å². The van der Waals surface area contributed by atoms with Crippen LogP contribution in [0.3, 0.4) is 0 Å². The molecule has 2 N–H and O–H groups in total. The third-order valence-corrected chi connectivity index (χ3v) is 2.87. The first-order chi connectivity index (χ1) is 7.74. The predicted octanol–water partition coefficient (Wildman–Crippen LogP) is 1.10. The van der Waals surface area contributed by atoms with Crippen molar-refractivity contribution in [2.45, 2.75) is 31.9 Å². The van der Waals surface area contributed by atoms with Crippen LogP contribution in [0.4, 0.5) is 5.82 Å². The number of aliphatic hydroxyl groups excluding tert-OH is 2. The van der Waals surface area contributed by atoms with Crippen LogP contribution in [0.15, 0.2) is 18.3 Å². The summed E-state index contributed by atoms with van der Waals surface area (Å²) in [7, 11) is 0. The maximum absolute atomic E-state index is 9.69. The molecule has 2 rings (SSSR count). The molecular formula is C12H18N2O2. The number of nitrogens with zero attached hydrogens (tertiary/aromatic N) is 2. The maximum atomic E-state index is 9.69. The lowest BCUT2D eigenvalue weighted by molar-refractivity contribution is 0.199. The van der Waals surface area contributed by atoms with Crippen molar-refractivity contribution in [1.29, 1.82) is 0 Å². The normalized spacial score (nSPS) is 17.2. The van der Waals surface area contributed by atoms with Gasteiger partial charge in [-0.1, -0.05) is 6.07 Å². The van der Waals surface area contributed by atoms with E-state index in [9.17, 15) is 5.11 Å². The second-order valence-corrected chi connectivity index (χ2v) is 4.24. The summed E-state index contributed by atoms with van der Waals surface area (Å²) in [6.45, 7) is 2.44. The summed E-state index contributed by atoms with van der Waals surface area (Å²) in [6.07, 6.45) is 3.50. The standard InChI is InChI=1S/C12H18N2O2/c1-9(16)11-3-2-6-13-12(11)14(7-8-15)10-4-5-10/h2-3,6,9-10,15-16H,4-5,7-8H2,1H3/t9-/m1/s1. The molecule has 4 nitrogen and oxygen atoms in total. The van der Waals surface area contributed by atoms with Crippen LogP contribution in [0.25, 0.3) is 0 Å². The number of hydrogen-bond acceptors (Lipinski definition) is 4. The number of pyridine rings is 1. The van der Waals surface area contributed by atoms with Crippen molar-refractivity contribution in [3.8, 4) is 0 Å². The van der Waals surface area contributed by atoms with E-state index in [1.54, 1.807) is 13.1 Å². The van der Waals surface area contributed by atoms with Gasteiger partial charge in [-0.05, 0) is 25.8 Å². The van der Waals surface area contributed by atoms with Crippen LogP contribution in [0.2, 0.25) is 0 Å². The maximum Gasteiger partial charge on any atom is 0.134 e. The molecule has 1 aliphatic rings. The van der Waals surface area contributed by atoms with E-state index in [-0.39, 0.29) is 6.61 Å². The molecule has 1 aromatic rings. The molecule has 16 heavy (non-hydrogen) atoms. The molecule has 0 aromatic carbocycles. The zero-order chi connectivity index (χ0) is 11.5. The summed E-state index contributed by atoms with van der Waals surface area (Å²) in [5.41, 5.74) is 0.836. The van der Waals surface area contributed by atoms with Crippen LogP contribution in [0, 0.1) is 0 Å². The average Bonchev–Trinajstić information content (AvgIpc) is 3.10. The number of aromatic nitrogens is 1. The minimum Gasteiger partial charge on any atom is -0.395 e. The molecule has 0 aliphatic heterocycles. The van der Waals surface area contributed by atoms with Crippen LogP contribution in [0.5, 0.6) is 0 Å². The van der Waals surface area contributed by atoms with Crippen LogP contribution in [-0.4, -0.2) is 34.4 Å². The Morgan fingerprint density at radius 1 is 1.56 bits per heavy atom. The van der Waals surface area contributed by atoms with Crippen molar-refractivity contribution in [2.75, 3.05) is 18.1 Å². The van der Waals surface area contributed by atoms with Gasteiger partial charge < -0.3 is 15.1 Å². The van der Waals surface area contributed by atoms with Crippen molar-refractivity contribution in [1.82, 2.24) is 4.98 Å². The van der Waals surface area contributed by atoms with Crippen molar-refractivity contribution in [2.24, 2.45) is 0 Å². The smallest absolute Gasteiger partial charge is 0.134 e. The fourth-order valence-corrected chi connectivity index (χ4v) is 1.93. The summed E-state index contributed by atoms with van der Waals surface area (Å²) in [6, 6.07) is 4.20. The lowest BCUT2D eigenvalue weighted by atomic mass is 10.1. The van der Waals surface area contributed by atoms with E-state index in [1.807, 2.05) is 12.1 Å². The predicted molar refractivity (Wildman–Crippen MR) is 62.3 cm³/mol. The van der Waals surface area contributed by atoms with Crippen LogP contribution >= 0.6 is 0 Å². The van der Waals surface area contributed by atoms with Gasteiger partial charge in [0, 0.05) is 24.3 Å². The summed E-state index contributed by atoms with van der Waals surface area (Å²) < 4.78 is 0. The first kappa shape index (κ1) is 11.4. The molecule has 0 radical (unpaired) electrons. The molecule has 1 aromatic heterocycles.